The van der Waals surface area contributed by atoms with Gasteiger partial charge in [-0.3, -0.25) is 4.79 Å². The number of aromatic nitrogens is 1. The zero-order chi connectivity index (χ0) is 22.0. The predicted octanol–water partition coefficient (Wildman–Crippen LogP) is 4.02. The number of fused-ring (bicyclic) bond motifs is 2. The average Bonchev–Trinajstić information content (AvgIpc) is 3.15. The molecule has 2 aromatic carbocycles. The third-order valence-electron chi connectivity index (χ3n) is 5.54. The number of hydrogen-bond donors (Lipinski definition) is 2. The standard InChI is InChI=1S/C24H23FN2O4/c1-14-18-5-4-17(30-2)12-22(18)31-24(29)19(14)6-8-23(28)26-10-9-15-13-27-21-7-3-16(25)11-20(15)21/h3-5,7,11-13,27H,6,8-10H2,1-2H3,(H,26,28). The van der Waals surface area contributed by atoms with Gasteiger partial charge in [0, 0.05) is 47.1 Å². The molecule has 0 spiro atoms. The first kappa shape index (κ1) is 20.7. The second kappa shape index (κ2) is 8.63. The summed E-state index contributed by atoms with van der Waals surface area (Å²) in [5.41, 5.74) is 3.13. The minimum atomic E-state index is -0.438. The van der Waals surface area contributed by atoms with Gasteiger partial charge in [0.2, 0.25) is 5.91 Å². The third kappa shape index (κ3) is 4.30. The summed E-state index contributed by atoms with van der Waals surface area (Å²) in [5.74, 6) is 0.167. The largest absolute Gasteiger partial charge is 0.497 e. The lowest BCUT2D eigenvalue weighted by molar-refractivity contribution is -0.121. The first-order chi connectivity index (χ1) is 15.0. The number of hydrogen-bond acceptors (Lipinski definition) is 4. The summed E-state index contributed by atoms with van der Waals surface area (Å²) in [5, 5.41) is 4.50. The van der Waals surface area contributed by atoms with Gasteiger partial charge < -0.3 is 19.5 Å². The molecular formula is C24H23FN2O4. The normalized spacial score (nSPS) is 11.2. The number of carbonyl (C=O) groups excluding carboxylic acids is 1. The van der Waals surface area contributed by atoms with Gasteiger partial charge in [0.25, 0.3) is 0 Å². The molecule has 31 heavy (non-hydrogen) atoms. The van der Waals surface area contributed by atoms with Crippen molar-refractivity contribution in [1.29, 1.82) is 0 Å². The molecule has 0 aliphatic carbocycles. The van der Waals surface area contributed by atoms with Gasteiger partial charge in [0.15, 0.2) is 0 Å². The van der Waals surface area contributed by atoms with E-state index in [1.165, 1.54) is 12.1 Å². The minimum absolute atomic E-state index is 0.153. The van der Waals surface area contributed by atoms with E-state index in [4.69, 9.17) is 9.15 Å². The maximum Gasteiger partial charge on any atom is 0.339 e. The van der Waals surface area contributed by atoms with Crippen LogP contribution in [0.25, 0.3) is 21.9 Å². The molecule has 4 rings (SSSR count). The fourth-order valence-corrected chi connectivity index (χ4v) is 3.81. The summed E-state index contributed by atoms with van der Waals surface area (Å²) in [4.78, 5) is 27.8. The van der Waals surface area contributed by atoms with Crippen molar-refractivity contribution < 1.29 is 18.3 Å². The Labute approximate surface area is 178 Å². The van der Waals surface area contributed by atoms with Gasteiger partial charge in [0.1, 0.15) is 17.1 Å². The van der Waals surface area contributed by atoms with Crippen molar-refractivity contribution in [2.75, 3.05) is 13.7 Å². The molecule has 7 heteroatoms. The lowest BCUT2D eigenvalue weighted by Gasteiger charge is -2.09. The smallest absolute Gasteiger partial charge is 0.339 e. The molecule has 160 valence electrons. The number of ether oxygens (including phenoxy) is 1. The number of halogens is 1. The molecule has 0 aliphatic heterocycles. The Balaban J connectivity index is 1.38. The van der Waals surface area contributed by atoms with Gasteiger partial charge in [-0.05, 0) is 61.2 Å². The first-order valence-electron chi connectivity index (χ1n) is 10.1. The van der Waals surface area contributed by atoms with Crippen molar-refractivity contribution in [3.05, 3.63) is 75.5 Å². The van der Waals surface area contributed by atoms with E-state index in [9.17, 15) is 14.0 Å². The Bertz CT molecular complexity index is 1320. The van der Waals surface area contributed by atoms with Crippen molar-refractivity contribution in [2.24, 2.45) is 0 Å². The SMILES string of the molecule is COc1ccc2c(C)c(CCC(=O)NCCc3c[nH]c4ccc(F)cc34)c(=O)oc2c1. The number of aromatic amines is 1. The van der Waals surface area contributed by atoms with Crippen molar-refractivity contribution in [1.82, 2.24) is 10.3 Å². The van der Waals surface area contributed by atoms with Gasteiger partial charge in [0.05, 0.1) is 7.11 Å². The molecule has 0 bridgehead atoms. The van der Waals surface area contributed by atoms with Crippen LogP contribution in [0.4, 0.5) is 4.39 Å². The van der Waals surface area contributed by atoms with E-state index in [1.807, 2.05) is 25.3 Å². The number of carbonyl (C=O) groups is 1. The van der Waals surface area contributed by atoms with E-state index in [2.05, 4.69) is 10.3 Å². The molecule has 0 fully saturated rings. The average molecular weight is 422 g/mol. The topological polar surface area (TPSA) is 84.3 Å². The fraction of sp³-hybridized carbons (Fsp3) is 0.250. The zero-order valence-corrected chi connectivity index (χ0v) is 17.4. The van der Waals surface area contributed by atoms with Gasteiger partial charge in [-0.2, -0.15) is 0 Å². The summed E-state index contributed by atoms with van der Waals surface area (Å²) in [7, 11) is 1.55. The van der Waals surface area contributed by atoms with Gasteiger partial charge in [-0.1, -0.05) is 0 Å². The molecule has 6 nitrogen and oxygen atoms in total. The second-order valence-electron chi connectivity index (χ2n) is 7.46. The highest BCUT2D eigenvalue weighted by Crippen LogP contribution is 2.24. The minimum Gasteiger partial charge on any atom is -0.497 e. The van der Waals surface area contributed by atoms with E-state index in [-0.39, 0.29) is 18.1 Å². The molecule has 0 saturated carbocycles. The molecule has 0 atom stereocenters. The lowest BCUT2D eigenvalue weighted by Crippen LogP contribution is -2.26. The van der Waals surface area contributed by atoms with Crippen LogP contribution in [0.1, 0.15) is 23.1 Å². The highest BCUT2D eigenvalue weighted by molar-refractivity contribution is 5.84. The number of methoxy groups -OCH3 is 1. The van der Waals surface area contributed by atoms with Gasteiger partial charge >= 0.3 is 5.63 Å². The van der Waals surface area contributed by atoms with Crippen LogP contribution in [0.5, 0.6) is 5.75 Å². The summed E-state index contributed by atoms with van der Waals surface area (Å²) in [6.07, 6.45) is 2.87. The zero-order valence-electron chi connectivity index (χ0n) is 17.4. The summed E-state index contributed by atoms with van der Waals surface area (Å²) < 4.78 is 24.1. The van der Waals surface area contributed by atoms with E-state index >= 15 is 0 Å². The lowest BCUT2D eigenvalue weighted by atomic mass is 10.0. The van der Waals surface area contributed by atoms with Crippen molar-refractivity contribution in [3.63, 3.8) is 0 Å². The molecule has 2 aromatic heterocycles. The molecule has 0 saturated heterocycles. The fourth-order valence-electron chi connectivity index (χ4n) is 3.81. The van der Waals surface area contributed by atoms with Crippen molar-refractivity contribution in [2.45, 2.75) is 26.2 Å². The van der Waals surface area contributed by atoms with Gasteiger partial charge in [-0.15, -0.1) is 0 Å². The third-order valence-corrected chi connectivity index (χ3v) is 5.54. The molecule has 0 unspecified atom stereocenters. The Morgan fingerprint density at radius 3 is 2.81 bits per heavy atom. The summed E-state index contributed by atoms with van der Waals surface area (Å²) in [6.45, 7) is 2.28. The van der Waals surface area contributed by atoms with E-state index in [0.717, 1.165) is 27.4 Å². The van der Waals surface area contributed by atoms with Crippen molar-refractivity contribution >= 4 is 27.8 Å². The molecule has 4 aromatic rings. The number of H-pyrrole nitrogens is 1. The highest BCUT2D eigenvalue weighted by atomic mass is 19.1. The molecule has 2 N–H and O–H groups in total. The molecule has 0 aliphatic rings. The maximum atomic E-state index is 13.5. The Hall–Kier alpha value is -3.61. The van der Waals surface area contributed by atoms with Crippen LogP contribution in [0, 0.1) is 12.7 Å². The van der Waals surface area contributed by atoms with Crippen LogP contribution < -0.4 is 15.7 Å². The Morgan fingerprint density at radius 2 is 2.00 bits per heavy atom. The number of benzene rings is 2. The molecule has 1 amide bonds. The Kier molecular flexibility index (Phi) is 5.75. The van der Waals surface area contributed by atoms with E-state index in [1.54, 1.807) is 19.2 Å². The van der Waals surface area contributed by atoms with Crippen molar-refractivity contribution in [3.8, 4) is 5.75 Å². The number of amides is 1. The number of rotatable bonds is 7. The quantitative estimate of drug-likeness (QED) is 0.441. The molecule has 0 radical (unpaired) electrons. The van der Waals surface area contributed by atoms with Crippen LogP contribution in [-0.2, 0) is 17.6 Å². The summed E-state index contributed by atoms with van der Waals surface area (Å²) in [6, 6.07) is 9.92. The number of nitrogens with one attached hydrogen (secondary N) is 2. The first-order valence-corrected chi connectivity index (χ1v) is 10.1. The van der Waals surface area contributed by atoms with Gasteiger partial charge in [-0.25, -0.2) is 9.18 Å². The van der Waals surface area contributed by atoms with Crippen LogP contribution >= 0.6 is 0 Å². The van der Waals surface area contributed by atoms with E-state index in [0.29, 0.717) is 36.3 Å². The monoisotopic (exact) mass is 422 g/mol. The van der Waals surface area contributed by atoms with Crippen LogP contribution in [0.2, 0.25) is 0 Å². The Morgan fingerprint density at radius 1 is 1.16 bits per heavy atom. The maximum absolute atomic E-state index is 13.5. The highest BCUT2D eigenvalue weighted by Gasteiger charge is 2.14. The van der Waals surface area contributed by atoms with Crippen LogP contribution in [0.3, 0.4) is 0 Å². The molecular weight excluding hydrogens is 399 g/mol. The predicted molar refractivity (Wildman–Crippen MR) is 117 cm³/mol. The second-order valence-corrected chi connectivity index (χ2v) is 7.46. The van der Waals surface area contributed by atoms with Crippen LogP contribution in [-0.4, -0.2) is 24.5 Å². The molecule has 2 heterocycles. The summed E-state index contributed by atoms with van der Waals surface area (Å²) >= 11 is 0. The van der Waals surface area contributed by atoms with E-state index < -0.39 is 5.63 Å². The van der Waals surface area contributed by atoms with Crippen LogP contribution in [0.15, 0.2) is 51.8 Å². The number of aryl methyl sites for hydroxylation is 1.